The molecule has 30 heavy (non-hydrogen) atoms. The van der Waals surface area contributed by atoms with Crippen LogP contribution in [0.2, 0.25) is 0 Å². The summed E-state index contributed by atoms with van der Waals surface area (Å²) in [6.07, 6.45) is 0. The molecule has 0 spiro atoms. The van der Waals surface area contributed by atoms with Crippen LogP contribution in [0.1, 0.15) is 50.8 Å². The first-order valence-corrected chi connectivity index (χ1v) is 10.9. The van der Waals surface area contributed by atoms with Crippen molar-refractivity contribution in [2.75, 3.05) is 5.75 Å². The third-order valence-electron chi connectivity index (χ3n) is 4.81. The Kier molecular flexibility index (Phi) is 7.10. The number of phenols is 1. The first kappa shape index (κ1) is 21.8. The van der Waals surface area contributed by atoms with E-state index in [4.69, 9.17) is 0 Å². The Morgan fingerprint density at radius 2 is 1.67 bits per heavy atom. The fourth-order valence-electron chi connectivity index (χ4n) is 3.09. The number of tetrazole rings is 1. The lowest BCUT2D eigenvalue weighted by Gasteiger charge is -2.23. The highest BCUT2D eigenvalue weighted by molar-refractivity contribution is 7.99. The number of carbonyl (C=O) groups excluding carboxylic acids is 1. The van der Waals surface area contributed by atoms with E-state index in [1.165, 1.54) is 17.3 Å². The highest BCUT2D eigenvalue weighted by atomic mass is 32.2. The lowest BCUT2D eigenvalue weighted by Crippen LogP contribution is -2.33. The van der Waals surface area contributed by atoms with Gasteiger partial charge in [0.1, 0.15) is 5.75 Å². The zero-order valence-corrected chi connectivity index (χ0v) is 18.4. The van der Waals surface area contributed by atoms with E-state index in [-0.39, 0.29) is 29.4 Å². The van der Waals surface area contributed by atoms with Crippen LogP contribution in [0.5, 0.6) is 5.75 Å². The molecule has 1 heterocycles. The molecular formula is C22H27N5O2S. The van der Waals surface area contributed by atoms with Crippen molar-refractivity contribution in [1.82, 2.24) is 25.5 Å². The summed E-state index contributed by atoms with van der Waals surface area (Å²) < 4.78 is 1.54. The molecule has 0 radical (unpaired) electrons. The second-order valence-electron chi connectivity index (χ2n) is 7.79. The van der Waals surface area contributed by atoms with E-state index < -0.39 is 0 Å². The Bertz CT molecular complexity index is 968. The van der Waals surface area contributed by atoms with Crippen LogP contribution >= 0.6 is 11.8 Å². The molecule has 0 aliphatic heterocycles. The quantitative estimate of drug-likeness (QED) is 0.528. The highest BCUT2D eigenvalue weighted by Crippen LogP contribution is 2.25. The fourth-order valence-corrected chi connectivity index (χ4v) is 3.80. The molecule has 3 aromatic rings. The minimum absolute atomic E-state index is 0.0626. The topological polar surface area (TPSA) is 92.9 Å². The Morgan fingerprint density at radius 1 is 1.03 bits per heavy atom. The van der Waals surface area contributed by atoms with Gasteiger partial charge in [-0.3, -0.25) is 4.79 Å². The number of amides is 1. The van der Waals surface area contributed by atoms with Crippen LogP contribution in [-0.2, 0) is 4.79 Å². The molecule has 1 aromatic heterocycles. The van der Waals surface area contributed by atoms with E-state index in [1.54, 1.807) is 28.9 Å². The number of nitrogens with one attached hydrogen (secondary N) is 1. The maximum atomic E-state index is 12.7. The third-order valence-corrected chi connectivity index (χ3v) is 5.73. The number of hydrogen-bond donors (Lipinski definition) is 2. The molecule has 0 aliphatic carbocycles. The van der Waals surface area contributed by atoms with Gasteiger partial charge in [0.25, 0.3) is 0 Å². The van der Waals surface area contributed by atoms with Crippen molar-refractivity contribution in [3.05, 3.63) is 59.7 Å². The molecule has 1 amide bonds. The summed E-state index contributed by atoms with van der Waals surface area (Å²) in [4.78, 5) is 12.7. The lowest BCUT2D eigenvalue weighted by atomic mass is 9.93. The van der Waals surface area contributed by atoms with Gasteiger partial charge in [0, 0.05) is 0 Å². The summed E-state index contributed by atoms with van der Waals surface area (Å²) in [6, 6.07) is 14.9. The summed E-state index contributed by atoms with van der Waals surface area (Å²) in [7, 11) is 0. The molecular weight excluding hydrogens is 398 g/mol. The SMILES string of the molecule is CC(C)c1ccc([C@@H](NC(=O)CSc2nnnn2-c2ccc(O)cc2)C(C)C)cc1. The van der Waals surface area contributed by atoms with Gasteiger partial charge in [0.05, 0.1) is 17.5 Å². The average molecular weight is 426 g/mol. The monoisotopic (exact) mass is 425 g/mol. The molecule has 3 rings (SSSR count). The van der Waals surface area contributed by atoms with E-state index in [9.17, 15) is 9.90 Å². The van der Waals surface area contributed by atoms with Crippen LogP contribution in [0.4, 0.5) is 0 Å². The van der Waals surface area contributed by atoms with Crippen molar-refractivity contribution >= 4 is 17.7 Å². The number of aromatic nitrogens is 4. The second-order valence-corrected chi connectivity index (χ2v) is 8.73. The van der Waals surface area contributed by atoms with Gasteiger partial charge in [0.2, 0.25) is 11.1 Å². The Labute approximate surface area is 180 Å². The van der Waals surface area contributed by atoms with Gasteiger partial charge in [-0.15, -0.1) is 5.10 Å². The molecule has 1 atom stereocenters. The van der Waals surface area contributed by atoms with Crippen molar-refractivity contribution in [2.24, 2.45) is 5.92 Å². The molecule has 0 unspecified atom stereocenters. The van der Waals surface area contributed by atoms with Crippen LogP contribution < -0.4 is 5.32 Å². The second kappa shape index (κ2) is 9.75. The molecule has 2 N–H and O–H groups in total. The number of hydrogen-bond acceptors (Lipinski definition) is 6. The van der Waals surface area contributed by atoms with Gasteiger partial charge >= 0.3 is 0 Å². The van der Waals surface area contributed by atoms with Crippen LogP contribution in [0.25, 0.3) is 5.69 Å². The molecule has 0 saturated carbocycles. The Balaban J connectivity index is 1.64. The van der Waals surface area contributed by atoms with E-state index in [2.05, 4.69) is 72.8 Å². The van der Waals surface area contributed by atoms with Crippen LogP contribution in [0.15, 0.2) is 53.7 Å². The third kappa shape index (κ3) is 5.38. The molecule has 0 saturated heterocycles. The van der Waals surface area contributed by atoms with Crippen molar-refractivity contribution in [3.63, 3.8) is 0 Å². The maximum Gasteiger partial charge on any atom is 0.230 e. The average Bonchev–Trinajstić information content (AvgIpc) is 3.19. The normalized spacial score (nSPS) is 12.3. The molecule has 0 aliphatic rings. The van der Waals surface area contributed by atoms with E-state index in [0.29, 0.717) is 16.8 Å². The lowest BCUT2D eigenvalue weighted by molar-refractivity contribution is -0.119. The molecule has 0 fully saturated rings. The zero-order chi connectivity index (χ0) is 21.7. The van der Waals surface area contributed by atoms with Crippen molar-refractivity contribution in [2.45, 2.75) is 44.8 Å². The van der Waals surface area contributed by atoms with Gasteiger partial charge < -0.3 is 10.4 Å². The van der Waals surface area contributed by atoms with E-state index in [1.807, 2.05) is 0 Å². The predicted octanol–water partition coefficient (Wildman–Crippen LogP) is 4.10. The maximum absolute atomic E-state index is 12.7. The van der Waals surface area contributed by atoms with Gasteiger partial charge in [-0.1, -0.05) is 63.7 Å². The van der Waals surface area contributed by atoms with E-state index >= 15 is 0 Å². The van der Waals surface area contributed by atoms with E-state index in [0.717, 1.165) is 5.56 Å². The predicted molar refractivity (Wildman–Crippen MR) is 118 cm³/mol. The Hall–Kier alpha value is -2.87. The van der Waals surface area contributed by atoms with Crippen LogP contribution in [-0.4, -0.2) is 37.0 Å². The van der Waals surface area contributed by atoms with Gasteiger partial charge in [-0.2, -0.15) is 4.68 Å². The smallest absolute Gasteiger partial charge is 0.230 e. The van der Waals surface area contributed by atoms with Crippen molar-refractivity contribution in [3.8, 4) is 11.4 Å². The van der Waals surface area contributed by atoms with Crippen LogP contribution in [0, 0.1) is 5.92 Å². The minimum atomic E-state index is -0.0770. The standard InChI is InChI=1S/C22H27N5O2S/c1-14(2)16-5-7-17(8-6-16)21(15(3)4)23-20(29)13-30-22-24-25-26-27(22)18-9-11-19(28)12-10-18/h5-12,14-15,21,28H,13H2,1-4H3,(H,23,29)/t21-/m0/s1. The Morgan fingerprint density at radius 3 is 2.27 bits per heavy atom. The van der Waals surface area contributed by atoms with Crippen molar-refractivity contribution < 1.29 is 9.90 Å². The zero-order valence-electron chi connectivity index (χ0n) is 17.6. The number of aromatic hydroxyl groups is 1. The summed E-state index contributed by atoms with van der Waals surface area (Å²) in [5.74, 6) is 1.02. The number of benzene rings is 2. The molecule has 158 valence electrons. The van der Waals surface area contributed by atoms with Crippen LogP contribution in [0.3, 0.4) is 0 Å². The van der Waals surface area contributed by atoms with Crippen molar-refractivity contribution in [1.29, 1.82) is 0 Å². The highest BCUT2D eigenvalue weighted by Gasteiger charge is 2.19. The first-order valence-electron chi connectivity index (χ1n) is 9.95. The molecule has 8 heteroatoms. The number of nitrogens with zero attached hydrogens (tertiary/aromatic N) is 4. The number of phenolic OH excluding ortho intramolecular Hbond substituents is 1. The number of carbonyl (C=O) groups is 1. The number of thioether (sulfide) groups is 1. The minimum Gasteiger partial charge on any atom is -0.508 e. The summed E-state index contributed by atoms with van der Waals surface area (Å²) in [6.45, 7) is 8.53. The van der Waals surface area contributed by atoms with Gasteiger partial charge in [-0.25, -0.2) is 0 Å². The molecule has 0 bridgehead atoms. The fraction of sp³-hybridized carbons (Fsp3) is 0.364. The van der Waals surface area contributed by atoms with Gasteiger partial charge in [0.15, 0.2) is 0 Å². The summed E-state index contributed by atoms with van der Waals surface area (Å²) in [5.41, 5.74) is 3.09. The molecule has 2 aromatic carbocycles. The number of rotatable bonds is 8. The largest absolute Gasteiger partial charge is 0.508 e. The molecule has 7 nitrogen and oxygen atoms in total. The van der Waals surface area contributed by atoms with Gasteiger partial charge in [-0.05, 0) is 57.7 Å². The summed E-state index contributed by atoms with van der Waals surface area (Å²) in [5, 5.41) is 24.8. The first-order chi connectivity index (χ1) is 14.3. The summed E-state index contributed by atoms with van der Waals surface area (Å²) >= 11 is 1.27.